The predicted octanol–water partition coefficient (Wildman–Crippen LogP) is 4.60. The summed E-state index contributed by atoms with van der Waals surface area (Å²) in [5, 5.41) is 15.1. The van der Waals surface area contributed by atoms with E-state index >= 15 is 0 Å². The summed E-state index contributed by atoms with van der Waals surface area (Å²) < 4.78 is 5.13. The molecule has 4 rings (SSSR count). The van der Waals surface area contributed by atoms with Gasteiger partial charge in [-0.15, -0.1) is 0 Å². The van der Waals surface area contributed by atoms with Crippen LogP contribution in [0, 0.1) is 0 Å². The lowest BCUT2D eigenvalue weighted by Gasteiger charge is -2.26. The highest BCUT2D eigenvalue weighted by atomic mass is 16.5. The number of fused-ring (bicyclic) bond motifs is 1. The highest BCUT2D eigenvalue weighted by Crippen LogP contribution is 2.36. The van der Waals surface area contributed by atoms with Crippen molar-refractivity contribution >= 4 is 16.8 Å². The molecule has 1 aliphatic rings. The minimum absolute atomic E-state index is 0.0672. The van der Waals surface area contributed by atoms with Crippen molar-refractivity contribution in [2.24, 2.45) is 0 Å². The van der Waals surface area contributed by atoms with Crippen molar-refractivity contribution in [3.05, 3.63) is 71.8 Å². The van der Waals surface area contributed by atoms with Crippen molar-refractivity contribution in [2.75, 3.05) is 13.7 Å². The highest BCUT2D eigenvalue weighted by Gasteiger charge is 2.30. The molecule has 1 aliphatic heterocycles. The second-order valence-corrected chi connectivity index (χ2v) is 7.08. The Hall–Kier alpha value is -3.21. The van der Waals surface area contributed by atoms with Gasteiger partial charge in [0.2, 0.25) is 0 Å². The Bertz CT molecular complexity index is 997. The molecule has 5 heteroatoms. The minimum atomic E-state index is -0.0672. The Morgan fingerprint density at radius 1 is 1.18 bits per heavy atom. The molecule has 2 amide bonds. The fourth-order valence-corrected chi connectivity index (χ4v) is 3.99. The SMILES string of the molecule is COc1cc(CNC(=O)N2CCC[C@H]2c2cccc3ccccc23)ccc1O. The first-order chi connectivity index (χ1) is 13.7. The van der Waals surface area contributed by atoms with Crippen LogP contribution in [-0.2, 0) is 6.54 Å². The van der Waals surface area contributed by atoms with Crippen LogP contribution < -0.4 is 10.1 Å². The summed E-state index contributed by atoms with van der Waals surface area (Å²) in [5.74, 6) is 0.495. The summed E-state index contributed by atoms with van der Waals surface area (Å²) in [6.07, 6.45) is 1.96. The predicted molar refractivity (Wildman–Crippen MR) is 110 cm³/mol. The summed E-state index contributed by atoms with van der Waals surface area (Å²) >= 11 is 0. The Morgan fingerprint density at radius 2 is 2.00 bits per heavy atom. The molecular weight excluding hydrogens is 352 g/mol. The van der Waals surface area contributed by atoms with Gasteiger partial charge in [-0.2, -0.15) is 0 Å². The number of phenols is 1. The lowest BCUT2D eigenvalue weighted by molar-refractivity contribution is 0.193. The van der Waals surface area contributed by atoms with E-state index in [0.717, 1.165) is 24.9 Å². The van der Waals surface area contributed by atoms with Crippen LogP contribution >= 0.6 is 0 Å². The molecule has 0 saturated carbocycles. The van der Waals surface area contributed by atoms with E-state index in [1.165, 1.54) is 23.4 Å². The van der Waals surface area contributed by atoms with Gasteiger partial charge in [-0.25, -0.2) is 4.79 Å². The summed E-state index contributed by atoms with van der Waals surface area (Å²) in [5.41, 5.74) is 2.08. The third kappa shape index (κ3) is 3.48. The molecule has 0 aromatic heterocycles. The number of ether oxygens (including phenoxy) is 1. The van der Waals surface area contributed by atoms with Gasteiger partial charge in [-0.3, -0.25) is 0 Å². The monoisotopic (exact) mass is 376 g/mol. The van der Waals surface area contributed by atoms with Crippen LogP contribution in [0.25, 0.3) is 10.8 Å². The van der Waals surface area contributed by atoms with Crippen LogP contribution in [0.15, 0.2) is 60.7 Å². The Labute approximate surface area is 164 Å². The van der Waals surface area contributed by atoms with Gasteiger partial charge in [0, 0.05) is 13.1 Å². The first-order valence-corrected chi connectivity index (χ1v) is 9.55. The van der Waals surface area contributed by atoms with E-state index in [9.17, 15) is 9.90 Å². The zero-order valence-corrected chi connectivity index (χ0v) is 15.9. The quantitative estimate of drug-likeness (QED) is 0.699. The fourth-order valence-electron chi connectivity index (χ4n) is 3.99. The van der Waals surface area contributed by atoms with Gasteiger partial charge >= 0.3 is 6.03 Å². The molecule has 144 valence electrons. The molecule has 1 atom stereocenters. The van der Waals surface area contributed by atoms with Gasteiger partial charge in [-0.05, 0) is 46.9 Å². The van der Waals surface area contributed by atoms with Crippen molar-refractivity contribution in [3.63, 3.8) is 0 Å². The Morgan fingerprint density at radius 3 is 2.86 bits per heavy atom. The number of likely N-dealkylation sites (tertiary alicyclic amines) is 1. The van der Waals surface area contributed by atoms with Crippen LogP contribution in [0.3, 0.4) is 0 Å². The van der Waals surface area contributed by atoms with Crippen molar-refractivity contribution < 1.29 is 14.6 Å². The van der Waals surface area contributed by atoms with Crippen molar-refractivity contribution in [1.82, 2.24) is 10.2 Å². The Balaban J connectivity index is 1.51. The second kappa shape index (κ2) is 7.80. The molecule has 5 nitrogen and oxygen atoms in total. The number of amides is 2. The van der Waals surface area contributed by atoms with E-state index in [-0.39, 0.29) is 17.8 Å². The first kappa shape index (κ1) is 18.2. The summed E-state index contributed by atoms with van der Waals surface area (Å²) in [4.78, 5) is 14.8. The molecule has 1 fully saturated rings. The van der Waals surface area contributed by atoms with E-state index in [4.69, 9.17) is 4.74 Å². The highest BCUT2D eigenvalue weighted by molar-refractivity contribution is 5.87. The van der Waals surface area contributed by atoms with Crippen LogP contribution in [0.1, 0.15) is 30.0 Å². The number of hydrogen-bond donors (Lipinski definition) is 2. The zero-order valence-electron chi connectivity index (χ0n) is 15.9. The molecule has 1 saturated heterocycles. The molecule has 3 aromatic rings. The van der Waals surface area contributed by atoms with Crippen molar-refractivity contribution in [3.8, 4) is 11.5 Å². The fraction of sp³-hybridized carbons (Fsp3) is 0.261. The standard InChI is InChI=1S/C23H24N2O3/c1-28-22-14-16(11-12-21(22)26)15-24-23(27)25-13-5-10-20(25)19-9-4-7-17-6-2-3-8-18(17)19/h2-4,6-9,11-12,14,20,26H,5,10,13,15H2,1H3,(H,24,27)/t20-/m0/s1. The van der Waals surface area contributed by atoms with Crippen molar-refractivity contribution in [2.45, 2.75) is 25.4 Å². The molecule has 28 heavy (non-hydrogen) atoms. The van der Waals surface area contributed by atoms with Crippen LogP contribution in [-0.4, -0.2) is 29.7 Å². The lowest BCUT2D eigenvalue weighted by Crippen LogP contribution is -2.39. The first-order valence-electron chi connectivity index (χ1n) is 9.55. The van der Waals surface area contributed by atoms with E-state index in [1.54, 1.807) is 18.2 Å². The number of carbonyl (C=O) groups is 1. The van der Waals surface area contributed by atoms with Crippen LogP contribution in [0.4, 0.5) is 4.79 Å². The molecule has 0 radical (unpaired) electrons. The molecule has 0 unspecified atom stereocenters. The lowest BCUT2D eigenvalue weighted by atomic mass is 9.97. The Kier molecular flexibility index (Phi) is 5.06. The maximum atomic E-state index is 12.9. The number of methoxy groups -OCH3 is 1. The molecule has 3 aromatic carbocycles. The zero-order chi connectivity index (χ0) is 19.5. The molecule has 2 N–H and O–H groups in total. The maximum absolute atomic E-state index is 12.9. The molecule has 0 aliphatic carbocycles. The second-order valence-electron chi connectivity index (χ2n) is 7.08. The van der Waals surface area contributed by atoms with Gasteiger partial charge in [-0.1, -0.05) is 48.5 Å². The van der Waals surface area contributed by atoms with Gasteiger partial charge in [0.05, 0.1) is 13.2 Å². The summed E-state index contributed by atoms with van der Waals surface area (Å²) in [6, 6.07) is 19.7. The number of rotatable bonds is 4. The van der Waals surface area contributed by atoms with E-state index in [0.29, 0.717) is 12.3 Å². The third-order valence-corrected chi connectivity index (χ3v) is 5.38. The van der Waals surface area contributed by atoms with Gasteiger partial charge < -0.3 is 20.1 Å². The number of carbonyl (C=O) groups excluding carboxylic acids is 1. The van der Waals surface area contributed by atoms with Crippen LogP contribution in [0.2, 0.25) is 0 Å². The average Bonchev–Trinajstić information content (AvgIpc) is 3.22. The van der Waals surface area contributed by atoms with E-state index in [2.05, 4.69) is 35.6 Å². The van der Waals surface area contributed by atoms with Crippen molar-refractivity contribution in [1.29, 1.82) is 0 Å². The van der Waals surface area contributed by atoms with E-state index < -0.39 is 0 Å². The number of nitrogens with one attached hydrogen (secondary N) is 1. The van der Waals surface area contributed by atoms with E-state index in [1.807, 2.05) is 17.0 Å². The normalized spacial score (nSPS) is 16.3. The largest absolute Gasteiger partial charge is 0.504 e. The minimum Gasteiger partial charge on any atom is -0.504 e. The molecule has 0 bridgehead atoms. The summed E-state index contributed by atoms with van der Waals surface area (Å²) in [6.45, 7) is 1.13. The number of aromatic hydroxyl groups is 1. The molecule has 0 spiro atoms. The van der Waals surface area contributed by atoms with Gasteiger partial charge in [0.25, 0.3) is 0 Å². The smallest absolute Gasteiger partial charge is 0.318 e. The average molecular weight is 376 g/mol. The number of hydrogen-bond acceptors (Lipinski definition) is 3. The molecule has 1 heterocycles. The topological polar surface area (TPSA) is 61.8 Å². The number of phenolic OH excluding ortho intramolecular Hbond substituents is 1. The molecular formula is C23H24N2O3. The number of urea groups is 1. The van der Waals surface area contributed by atoms with Gasteiger partial charge in [0.15, 0.2) is 11.5 Å². The summed E-state index contributed by atoms with van der Waals surface area (Å²) in [7, 11) is 1.51. The maximum Gasteiger partial charge on any atom is 0.318 e. The number of nitrogens with zero attached hydrogens (tertiary/aromatic N) is 1. The van der Waals surface area contributed by atoms with Crippen LogP contribution in [0.5, 0.6) is 11.5 Å². The number of benzene rings is 3. The van der Waals surface area contributed by atoms with Gasteiger partial charge in [0.1, 0.15) is 0 Å². The third-order valence-electron chi connectivity index (χ3n) is 5.38.